The van der Waals surface area contributed by atoms with Crippen molar-refractivity contribution in [2.24, 2.45) is 0 Å². The molecule has 0 aliphatic carbocycles. The number of halogens is 4. The Bertz CT molecular complexity index is 243. The Morgan fingerprint density at radius 2 is 1.00 bits per heavy atom. The van der Waals surface area contributed by atoms with Crippen LogP contribution in [0.4, 0.5) is 0 Å². The van der Waals surface area contributed by atoms with E-state index in [9.17, 15) is 0 Å². The molecule has 0 saturated carbocycles. The quantitative estimate of drug-likeness (QED) is 0.474. The van der Waals surface area contributed by atoms with E-state index in [1.54, 1.807) is 0 Å². The third-order valence-corrected chi connectivity index (χ3v) is 19.8. The SMILES string of the molecule is C[N+]1(C)CC[N+](C)(C)[Si-2]1(Cl)(Cl)(Cl)Cl. The second-order valence-electron chi connectivity index (χ2n) is 5.02. The van der Waals surface area contributed by atoms with Gasteiger partial charge in [-0.2, -0.15) is 0 Å². The van der Waals surface area contributed by atoms with Gasteiger partial charge in [-0.25, -0.2) is 0 Å². The van der Waals surface area contributed by atoms with Crippen LogP contribution in [0.5, 0.6) is 0 Å². The van der Waals surface area contributed by atoms with Gasteiger partial charge in [0.05, 0.1) is 0 Å². The first-order valence-electron chi connectivity index (χ1n) is 4.12. The van der Waals surface area contributed by atoms with E-state index < -0.39 is 4.19 Å². The number of nitrogens with zero attached hydrogens (tertiary/aromatic N) is 2. The van der Waals surface area contributed by atoms with E-state index in [1.807, 2.05) is 28.2 Å². The second-order valence-corrected chi connectivity index (χ2v) is 24.2. The van der Waals surface area contributed by atoms with Crippen molar-refractivity contribution in [3.05, 3.63) is 0 Å². The summed E-state index contributed by atoms with van der Waals surface area (Å²) >= 11 is 25.8. The van der Waals surface area contributed by atoms with Gasteiger partial charge >= 0.3 is 98.1 Å². The van der Waals surface area contributed by atoms with Crippen LogP contribution in [0.25, 0.3) is 0 Å². The predicted octanol–water partition coefficient (Wildman–Crippen LogP) is 2.45. The molecule has 0 atom stereocenters. The normalized spacial score (nSPS) is 42.5. The summed E-state index contributed by atoms with van der Waals surface area (Å²) in [5.74, 6) is 0. The van der Waals surface area contributed by atoms with Crippen LogP contribution in [0.3, 0.4) is 0 Å². The minimum atomic E-state index is -4.62. The molecule has 1 aliphatic heterocycles. The number of hydrogen-bond donors (Lipinski definition) is 0. The van der Waals surface area contributed by atoms with E-state index in [1.165, 1.54) is 0 Å². The van der Waals surface area contributed by atoms with Gasteiger partial charge in [0.15, 0.2) is 0 Å². The zero-order chi connectivity index (χ0) is 10.8. The molecule has 1 saturated heterocycles. The molecule has 0 bridgehead atoms. The molecule has 13 heavy (non-hydrogen) atoms. The first-order chi connectivity index (χ1) is 5.25. The van der Waals surface area contributed by atoms with E-state index in [0.29, 0.717) is 0 Å². The minimum absolute atomic E-state index is 0.286. The fraction of sp³-hybridized carbons (Fsp3) is 1.00. The van der Waals surface area contributed by atoms with E-state index in [4.69, 9.17) is 44.3 Å². The van der Waals surface area contributed by atoms with E-state index in [2.05, 4.69) is 0 Å². The van der Waals surface area contributed by atoms with Crippen LogP contribution in [0.15, 0.2) is 0 Å². The van der Waals surface area contributed by atoms with Gasteiger partial charge in [0.1, 0.15) is 0 Å². The molecule has 1 aliphatic rings. The van der Waals surface area contributed by atoms with E-state index in [0.717, 1.165) is 13.1 Å². The molecule has 0 aromatic carbocycles. The summed E-state index contributed by atoms with van der Waals surface area (Å²) in [5.41, 5.74) is 0. The van der Waals surface area contributed by atoms with E-state index >= 15 is 0 Å². The van der Waals surface area contributed by atoms with Gasteiger partial charge in [0.25, 0.3) is 0 Å². The Labute approximate surface area is 97.9 Å². The Hall–Kier alpha value is 1.30. The van der Waals surface area contributed by atoms with Gasteiger partial charge in [-0.3, -0.25) is 0 Å². The van der Waals surface area contributed by atoms with Crippen LogP contribution in [0.1, 0.15) is 0 Å². The van der Waals surface area contributed by atoms with Gasteiger partial charge in [-0.05, 0) is 0 Å². The molecule has 1 fully saturated rings. The third-order valence-electron chi connectivity index (χ3n) is 3.59. The van der Waals surface area contributed by atoms with Gasteiger partial charge < -0.3 is 0 Å². The molecule has 1 rings (SSSR count). The molecule has 2 nitrogen and oxygen atoms in total. The van der Waals surface area contributed by atoms with Crippen molar-refractivity contribution in [3.63, 3.8) is 0 Å². The maximum absolute atomic E-state index is 6.46. The van der Waals surface area contributed by atoms with Crippen molar-refractivity contribution in [2.75, 3.05) is 41.3 Å². The molecule has 0 aromatic rings. The Balaban J connectivity index is 3.51. The topological polar surface area (TPSA) is 0 Å². The predicted molar refractivity (Wildman–Crippen MR) is 63.1 cm³/mol. The molecule has 0 spiro atoms. The van der Waals surface area contributed by atoms with Gasteiger partial charge in [-0.15, -0.1) is 0 Å². The second kappa shape index (κ2) is 2.19. The Morgan fingerprint density at radius 3 is 1.08 bits per heavy atom. The Kier molecular flexibility index (Phi) is 2.08. The average molecular weight is 286 g/mol. The zero-order valence-corrected chi connectivity index (χ0v) is 12.3. The van der Waals surface area contributed by atoms with Crippen LogP contribution in [-0.2, 0) is 0 Å². The molecular weight excluding hydrogens is 270 g/mol. The van der Waals surface area contributed by atoms with Crippen molar-refractivity contribution in [3.8, 4) is 0 Å². The van der Waals surface area contributed by atoms with Crippen molar-refractivity contribution in [2.45, 2.75) is 0 Å². The van der Waals surface area contributed by atoms with Crippen molar-refractivity contribution in [1.82, 2.24) is 0 Å². The summed E-state index contributed by atoms with van der Waals surface area (Å²) in [4.78, 5) is 0. The Morgan fingerprint density at radius 1 is 0.769 bits per heavy atom. The molecule has 0 amide bonds. The van der Waals surface area contributed by atoms with Crippen LogP contribution in [-0.4, -0.2) is 53.8 Å². The number of rotatable bonds is 0. The summed E-state index contributed by atoms with van der Waals surface area (Å²) in [6, 6.07) is 0. The number of likely N-dealkylation sites (N-methyl/N-ethyl adjacent to an activating group) is 2. The number of quaternary nitrogens is 2. The summed E-state index contributed by atoms with van der Waals surface area (Å²) in [6.07, 6.45) is 0. The molecule has 0 radical (unpaired) electrons. The van der Waals surface area contributed by atoms with Gasteiger partial charge in [0, 0.05) is 0 Å². The molecule has 0 N–H and O–H groups in total. The van der Waals surface area contributed by atoms with Crippen LogP contribution in [0, 0.1) is 0 Å². The van der Waals surface area contributed by atoms with Crippen LogP contribution >= 0.6 is 44.3 Å². The van der Waals surface area contributed by atoms with Crippen molar-refractivity contribution in [1.29, 1.82) is 0 Å². The first kappa shape index (κ1) is 12.4. The maximum atomic E-state index is 6.46. The standard InChI is InChI=1S/C6H16Cl4N2Si/c1-11(2)5-6-12(3,4)13(11,7,8,9)10/h5-6H2,1-4H3. The van der Waals surface area contributed by atoms with Gasteiger partial charge in [-0.1, -0.05) is 0 Å². The van der Waals surface area contributed by atoms with Gasteiger partial charge in [0.2, 0.25) is 0 Å². The summed E-state index contributed by atoms with van der Waals surface area (Å²) < 4.78 is -4.04. The fourth-order valence-electron chi connectivity index (χ4n) is 1.67. The van der Waals surface area contributed by atoms with Crippen molar-refractivity contribution >= 4 is 48.5 Å². The molecule has 0 unspecified atom stereocenters. The van der Waals surface area contributed by atoms with Crippen LogP contribution in [0.2, 0.25) is 0 Å². The molecule has 0 aromatic heterocycles. The van der Waals surface area contributed by atoms with E-state index in [-0.39, 0.29) is 8.30 Å². The third kappa shape index (κ3) is 1.16. The molecule has 1 heterocycles. The summed E-state index contributed by atoms with van der Waals surface area (Å²) in [5, 5.41) is 0. The summed E-state index contributed by atoms with van der Waals surface area (Å²) in [6.45, 7) is 1.58. The molecule has 7 heteroatoms. The van der Waals surface area contributed by atoms with Crippen LogP contribution < -0.4 is 0 Å². The summed E-state index contributed by atoms with van der Waals surface area (Å²) in [7, 11) is 7.54. The molecular formula is C6H16Cl4N2Si. The molecule has 82 valence electrons. The van der Waals surface area contributed by atoms with Crippen molar-refractivity contribution < 1.29 is 8.30 Å². The monoisotopic (exact) mass is 284 g/mol. The number of hydrogen-bond acceptors (Lipinski definition) is 0. The average Bonchev–Trinajstić information content (AvgIpc) is 1.87. The first-order valence-corrected chi connectivity index (χ1v) is 11.1. The zero-order valence-electron chi connectivity index (χ0n) is 8.32. The fourth-order valence-corrected chi connectivity index (χ4v) is 6.24.